The molecule has 0 N–H and O–H groups in total. The number of hydrogen-bond donors (Lipinski definition) is 0. The third kappa shape index (κ3) is 58.7. The maximum atomic E-state index is 12.9. The Labute approximate surface area is 443 Å². The molecule has 71 heavy (non-hydrogen) atoms. The molecule has 0 saturated heterocycles. The first-order chi connectivity index (χ1) is 35.0. The van der Waals surface area contributed by atoms with Gasteiger partial charge in [-0.2, -0.15) is 0 Å². The zero-order valence-electron chi connectivity index (χ0n) is 48.0. The van der Waals surface area contributed by atoms with Crippen molar-refractivity contribution in [2.24, 2.45) is 0 Å². The smallest absolute Gasteiger partial charge is 0.306 e. The van der Waals surface area contributed by atoms with E-state index in [9.17, 15) is 14.4 Å². The molecule has 0 fully saturated rings. The summed E-state index contributed by atoms with van der Waals surface area (Å²) >= 11 is 0. The highest BCUT2D eigenvalue weighted by Crippen LogP contribution is 2.18. The lowest BCUT2D eigenvalue weighted by Crippen LogP contribution is -2.30. The van der Waals surface area contributed by atoms with Crippen LogP contribution >= 0.6 is 0 Å². The molecule has 0 amide bonds. The standard InChI is InChI=1S/C65H122O6/c1-4-7-10-13-16-19-22-25-28-30-31-32-33-34-36-37-40-43-46-49-52-55-58-64(67)70-61-62(60-69-63(66)57-54-51-48-45-42-39-27-24-21-18-15-12-9-6-3)71-65(68)59-56-53-50-47-44-41-38-35-29-26-23-20-17-14-11-8-5-2/h24,26-27,29,62H,4-23,25,28,30-61H2,1-3H3/b27-24-,29-26-. The Morgan fingerprint density at radius 3 is 0.704 bits per heavy atom. The molecule has 0 aliphatic rings. The van der Waals surface area contributed by atoms with Crippen molar-refractivity contribution in [2.75, 3.05) is 13.2 Å². The quantitative estimate of drug-likeness (QED) is 0.0261. The summed E-state index contributed by atoms with van der Waals surface area (Å²) in [6.45, 7) is 6.68. The summed E-state index contributed by atoms with van der Waals surface area (Å²) in [4.78, 5) is 38.3. The van der Waals surface area contributed by atoms with Crippen LogP contribution in [0, 0.1) is 0 Å². The summed E-state index contributed by atoms with van der Waals surface area (Å²) in [5.41, 5.74) is 0. The third-order valence-corrected chi connectivity index (χ3v) is 14.4. The monoisotopic (exact) mass is 999 g/mol. The Hall–Kier alpha value is -2.11. The van der Waals surface area contributed by atoms with Crippen molar-refractivity contribution >= 4 is 17.9 Å². The normalized spacial score (nSPS) is 12.1. The summed E-state index contributed by atoms with van der Waals surface area (Å²) in [5, 5.41) is 0. The second kappa shape index (κ2) is 60.4. The molecule has 1 atom stereocenters. The Morgan fingerprint density at radius 1 is 0.268 bits per heavy atom. The van der Waals surface area contributed by atoms with E-state index in [1.165, 1.54) is 250 Å². The van der Waals surface area contributed by atoms with E-state index in [1.807, 2.05) is 0 Å². The number of ether oxygens (including phenoxy) is 3. The maximum absolute atomic E-state index is 12.9. The highest BCUT2D eigenvalue weighted by atomic mass is 16.6. The van der Waals surface area contributed by atoms with Gasteiger partial charge in [0, 0.05) is 19.3 Å². The molecule has 0 spiro atoms. The number of esters is 3. The van der Waals surface area contributed by atoms with Gasteiger partial charge >= 0.3 is 17.9 Å². The average Bonchev–Trinajstić information content (AvgIpc) is 3.37. The van der Waals surface area contributed by atoms with Crippen LogP contribution in [0.3, 0.4) is 0 Å². The van der Waals surface area contributed by atoms with Gasteiger partial charge in [-0.25, -0.2) is 0 Å². The van der Waals surface area contributed by atoms with Gasteiger partial charge in [-0.15, -0.1) is 0 Å². The fourth-order valence-electron chi connectivity index (χ4n) is 9.61. The molecule has 0 saturated carbocycles. The van der Waals surface area contributed by atoms with E-state index in [1.54, 1.807) is 0 Å². The second-order valence-corrected chi connectivity index (χ2v) is 21.7. The predicted octanol–water partition coefficient (Wildman–Crippen LogP) is 21.4. The molecule has 0 aliphatic carbocycles. The number of carbonyl (C=O) groups excluding carboxylic acids is 3. The minimum atomic E-state index is -0.774. The van der Waals surface area contributed by atoms with E-state index < -0.39 is 6.10 Å². The number of carbonyl (C=O) groups is 3. The SMILES string of the molecule is CCCCCCC/C=C\CCCCCCCC(=O)OCC(COC(=O)CCCCCCCCCCCCCCCCCCCCCCCC)OC(=O)CCCCCCCCC/C=C\CCCCCCCC. The van der Waals surface area contributed by atoms with Gasteiger partial charge < -0.3 is 14.2 Å². The van der Waals surface area contributed by atoms with Crippen LogP contribution in [-0.2, 0) is 28.6 Å². The summed E-state index contributed by atoms with van der Waals surface area (Å²) < 4.78 is 16.9. The largest absolute Gasteiger partial charge is 0.462 e. The molecule has 6 heteroatoms. The summed E-state index contributed by atoms with van der Waals surface area (Å²) in [5.74, 6) is -0.859. The first-order valence-corrected chi connectivity index (χ1v) is 31.8. The molecule has 0 aliphatic heterocycles. The maximum Gasteiger partial charge on any atom is 0.306 e. The second-order valence-electron chi connectivity index (χ2n) is 21.7. The van der Waals surface area contributed by atoms with Crippen molar-refractivity contribution < 1.29 is 28.6 Å². The number of allylic oxidation sites excluding steroid dienone is 4. The molecule has 0 aromatic heterocycles. The number of hydrogen-bond acceptors (Lipinski definition) is 6. The highest BCUT2D eigenvalue weighted by Gasteiger charge is 2.19. The van der Waals surface area contributed by atoms with E-state index >= 15 is 0 Å². The average molecular weight is 1000 g/mol. The summed E-state index contributed by atoms with van der Waals surface area (Å²) in [6.07, 6.45) is 71.8. The minimum Gasteiger partial charge on any atom is -0.462 e. The van der Waals surface area contributed by atoms with E-state index in [2.05, 4.69) is 45.1 Å². The van der Waals surface area contributed by atoms with Gasteiger partial charge in [-0.1, -0.05) is 289 Å². The van der Waals surface area contributed by atoms with Gasteiger partial charge in [-0.05, 0) is 70.6 Å². The van der Waals surface area contributed by atoms with Crippen LogP contribution in [0.4, 0.5) is 0 Å². The van der Waals surface area contributed by atoms with Crippen molar-refractivity contribution in [3.63, 3.8) is 0 Å². The van der Waals surface area contributed by atoms with Gasteiger partial charge in [0.15, 0.2) is 6.10 Å². The fraction of sp³-hybridized carbons (Fsp3) is 0.892. The molecule has 418 valence electrons. The lowest BCUT2D eigenvalue weighted by Gasteiger charge is -2.18. The fourth-order valence-corrected chi connectivity index (χ4v) is 9.61. The van der Waals surface area contributed by atoms with Crippen LogP contribution in [0.15, 0.2) is 24.3 Å². The molecule has 1 unspecified atom stereocenters. The summed E-state index contributed by atoms with van der Waals surface area (Å²) in [6, 6.07) is 0. The molecule has 0 aromatic rings. The molecule has 0 bridgehead atoms. The third-order valence-electron chi connectivity index (χ3n) is 14.4. The van der Waals surface area contributed by atoms with Crippen molar-refractivity contribution in [1.29, 1.82) is 0 Å². The Balaban J connectivity index is 4.28. The Kier molecular flexibility index (Phi) is 58.6. The number of unbranched alkanes of at least 4 members (excludes halogenated alkanes) is 44. The van der Waals surface area contributed by atoms with E-state index in [0.717, 1.165) is 64.2 Å². The van der Waals surface area contributed by atoms with Gasteiger partial charge in [0.1, 0.15) is 13.2 Å². The van der Waals surface area contributed by atoms with Crippen LogP contribution in [0.5, 0.6) is 0 Å². The minimum absolute atomic E-state index is 0.0707. The molecule has 0 radical (unpaired) electrons. The Bertz CT molecular complexity index is 1150. The van der Waals surface area contributed by atoms with Crippen molar-refractivity contribution in [2.45, 2.75) is 361 Å². The van der Waals surface area contributed by atoms with Crippen molar-refractivity contribution in [3.05, 3.63) is 24.3 Å². The zero-order chi connectivity index (χ0) is 51.4. The van der Waals surface area contributed by atoms with Gasteiger partial charge in [-0.3, -0.25) is 14.4 Å². The topological polar surface area (TPSA) is 78.9 Å². The lowest BCUT2D eigenvalue weighted by atomic mass is 10.0. The van der Waals surface area contributed by atoms with E-state index in [-0.39, 0.29) is 31.1 Å². The highest BCUT2D eigenvalue weighted by molar-refractivity contribution is 5.71. The zero-order valence-corrected chi connectivity index (χ0v) is 48.0. The number of rotatable bonds is 59. The van der Waals surface area contributed by atoms with Gasteiger partial charge in [0.25, 0.3) is 0 Å². The lowest BCUT2D eigenvalue weighted by molar-refractivity contribution is -0.167. The summed E-state index contributed by atoms with van der Waals surface area (Å²) in [7, 11) is 0. The molecule has 0 rings (SSSR count). The molecule has 0 aromatic carbocycles. The van der Waals surface area contributed by atoms with Crippen LogP contribution in [-0.4, -0.2) is 37.2 Å². The van der Waals surface area contributed by atoms with Crippen LogP contribution < -0.4 is 0 Å². The first kappa shape index (κ1) is 68.9. The molecular formula is C65H122O6. The first-order valence-electron chi connectivity index (χ1n) is 31.8. The van der Waals surface area contributed by atoms with Crippen molar-refractivity contribution in [3.8, 4) is 0 Å². The molecular weight excluding hydrogens is 877 g/mol. The van der Waals surface area contributed by atoms with Crippen LogP contribution in [0.1, 0.15) is 355 Å². The molecule has 6 nitrogen and oxygen atoms in total. The van der Waals surface area contributed by atoms with Gasteiger partial charge in [0.2, 0.25) is 0 Å². The van der Waals surface area contributed by atoms with Crippen LogP contribution in [0.2, 0.25) is 0 Å². The predicted molar refractivity (Wildman–Crippen MR) is 307 cm³/mol. The van der Waals surface area contributed by atoms with Crippen LogP contribution in [0.25, 0.3) is 0 Å². The van der Waals surface area contributed by atoms with E-state index in [0.29, 0.717) is 19.3 Å². The molecule has 0 heterocycles. The van der Waals surface area contributed by atoms with Crippen molar-refractivity contribution in [1.82, 2.24) is 0 Å². The van der Waals surface area contributed by atoms with E-state index in [4.69, 9.17) is 14.2 Å². The Morgan fingerprint density at radius 2 is 0.465 bits per heavy atom. The van der Waals surface area contributed by atoms with Gasteiger partial charge in [0.05, 0.1) is 0 Å².